The van der Waals surface area contributed by atoms with Crippen molar-refractivity contribution in [1.29, 1.82) is 0 Å². The van der Waals surface area contributed by atoms with Gasteiger partial charge in [0.15, 0.2) is 0 Å². The lowest BCUT2D eigenvalue weighted by Crippen LogP contribution is -2.24. The Morgan fingerprint density at radius 1 is 0.971 bits per heavy atom. The summed E-state index contributed by atoms with van der Waals surface area (Å²) < 4.78 is 16.7. The van der Waals surface area contributed by atoms with Crippen molar-refractivity contribution >= 4 is 28.3 Å². The molecule has 2 aromatic heterocycles. The molecule has 0 bridgehead atoms. The molecular formula is C26H22FN5O2. The zero-order chi connectivity index (χ0) is 24.0. The number of aromatic nitrogens is 4. The van der Waals surface area contributed by atoms with Gasteiger partial charge in [-0.2, -0.15) is 4.98 Å². The second kappa shape index (κ2) is 8.22. The number of hydrogen-bond acceptors (Lipinski definition) is 4. The number of hydrogen-bond donors (Lipinski definition) is 1. The van der Waals surface area contributed by atoms with Crippen LogP contribution in [0.2, 0.25) is 0 Å². The predicted molar refractivity (Wildman–Crippen MR) is 129 cm³/mol. The van der Waals surface area contributed by atoms with Crippen LogP contribution in [0.25, 0.3) is 16.7 Å². The van der Waals surface area contributed by atoms with Gasteiger partial charge in [0, 0.05) is 5.69 Å². The minimum absolute atomic E-state index is 0.0264. The van der Waals surface area contributed by atoms with Gasteiger partial charge in [-0.15, -0.1) is 5.10 Å². The summed E-state index contributed by atoms with van der Waals surface area (Å²) in [5, 5.41) is 7.18. The van der Waals surface area contributed by atoms with Gasteiger partial charge in [0.2, 0.25) is 11.5 Å². The van der Waals surface area contributed by atoms with Gasteiger partial charge in [-0.05, 0) is 67.8 Å². The van der Waals surface area contributed by atoms with Crippen molar-refractivity contribution in [3.05, 3.63) is 105 Å². The number of benzene rings is 3. The molecule has 8 heteroatoms. The van der Waals surface area contributed by atoms with E-state index in [4.69, 9.17) is 0 Å². The summed E-state index contributed by atoms with van der Waals surface area (Å²) in [6.07, 6.45) is 0. The van der Waals surface area contributed by atoms with Crippen molar-refractivity contribution in [2.75, 3.05) is 5.32 Å². The number of rotatable bonds is 4. The van der Waals surface area contributed by atoms with E-state index in [1.807, 2.05) is 57.2 Å². The summed E-state index contributed by atoms with van der Waals surface area (Å²) in [7, 11) is 0. The van der Waals surface area contributed by atoms with E-state index in [9.17, 15) is 14.0 Å². The summed E-state index contributed by atoms with van der Waals surface area (Å²) in [4.78, 5) is 30.7. The zero-order valence-electron chi connectivity index (χ0n) is 19.0. The van der Waals surface area contributed by atoms with Crippen LogP contribution in [0.3, 0.4) is 0 Å². The molecule has 0 aliphatic carbocycles. The quantitative estimate of drug-likeness (QED) is 0.435. The molecule has 0 radical (unpaired) electrons. The molecule has 2 heterocycles. The van der Waals surface area contributed by atoms with Crippen molar-refractivity contribution in [1.82, 2.24) is 19.2 Å². The maximum Gasteiger partial charge on any atom is 0.296 e. The third-order valence-corrected chi connectivity index (χ3v) is 5.76. The van der Waals surface area contributed by atoms with Crippen LogP contribution >= 0.6 is 0 Å². The van der Waals surface area contributed by atoms with E-state index < -0.39 is 11.5 Å². The van der Waals surface area contributed by atoms with Crippen molar-refractivity contribution in [3.8, 4) is 0 Å². The Labute approximate surface area is 194 Å². The molecule has 3 aromatic carbocycles. The number of carbonyl (C=O) groups excluding carboxylic acids is 1. The van der Waals surface area contributed by atoms with Crippen LogP contribution < -0.4 is 10.9 Å². The topological polar surface area (TPSA) is 81.3 Å². The Hall–Kier alpha value is -4.33. The van der Waals surface area contributed by atoms with Crippen molar-refractivity contribution in [2.45, 2.75) is 27.3 Å². The first kappa shape index (κ1) is 21.5. The first-order valence-electron chi connectivity index (χ1n) is 10.8. The van der Waals surface area contributed by atoms with Gasteiger partial charge in [0.1, 0.15) is 5.82 Å². The third-order valence-electron chi connectivity index (χ3n) is 5.76. The molecule has 1 N–H and O–H groups in total. The Balaban J connectivity index is 1.64. The summed E-state index contributed by atoms with van der Waals surface area (Å²) in [5.41, 5.74) is 5.09. The lowest BCUT2D eigenvalue weighted by Gasteiger charge is -2.12. The van der Waals surface area contributed by atoms with E-state index in [-0.39, 0.29) is 23.8 Å². The van der Waals surface area contributed by atoms with E-state index in [0.717, 1.165) is 16.7 Å². The highest BCUT2D eigenvalue weighted by atomic mass is 19.1. The molecule has 0 fully saturated rings. The second-order valence-electron chi connectivity index (χ2n) is 8.46. The second-order valence-corrected chi connectivity index (χ2v) is 8.46. The van der Waals surface area contributed by atoms with Crippen LogP contribution in [0.5, 0.6) is 0 Å². The van der Waals surface area contributed by atoms with Crippen LogP contribution in [0.15, 0.2) is 65.5 Å². The molecule has 0 saturated heterocycles. The summed E-state index contributed by atoms with van der Waals surface area (Å²) >= 11 is 0. The fraction of sp³-hybridized carbons (Fsp3) is 0.154. The molecule has 5 rings (SSSR count). The SMILES string of the molecule is Cc1ccc(NC(=O)c2nc3c(=O)n(Cc4cccc(F)c4)c4cc(C)ccc4n3n2)c(C)c1. The molecule has 0 aliphatic heterocycles. The predicted octanol–water partition coefficient (Wildman–Crippen LogP) is 4.41. The highest BCUT2D eigenvalue weighted by molar-refractivity contribution is 6.02. The molecular weight excluding hydrogens is 433 g/mol. The third kappa shape index (κ3) is 3.83. The van der Waals surface area contributed by atoms with Crippen molar-refractivity contribution in [3.63, 3.8) is 0 Å². The minimum atomic E-state index is -0.507. The number of nitrogens with zero attached hydrogens (tertiary/aromatic N) is 4. The number of amides is 1. The van der Waals surface area contributed by atoms with E-state index in [2.05, 4.69) is 15.4 Å². The van der Waals surface area contributed by atoms with Crippen molar-refractivity contribution < 1.29 is 9.18 Å². The van der Waals surface area contributed by atoms with Gasteiger partial charge < -0.3 is 5.32 Å². The smallest absolute Gasteiger partial charge is 0.296 e. The summed E-state index contributed by atoms with van der Waals surface area (Å²) in [6, 6.07) is 17.4. The van der Waals surface area contributed by atoms with Gasteiger partial charge in [0.05, 0.1) is 17.6 Å². The van der Waals surface area contributed by atoms with Gasteiger partial charge in [-0.25, -0.2) is 8.91 Å². The lowest BCUT2D eigenvalue weighted by atomic mass is 10.1. The highest BCUT2D eigenvalue weighted by Gasteiger charge is 2.20. The van der Waals surface area contributed by atoms with Crippen LogP contribution in [-0.4, -0.2) is 25.1 Å². The average molecular weight is 455 g/mol. The highest BCUT2D eigenvalue weighted by Crippen LogP contribution is 2.19. The molecule has 170 valence electrons. The van der Waals surface area contributed by atoms with Gasteiger partial charge in [-0.3, -0.25) is 14.2 Å². The lowest BCUT2D eigenvalue weighted by molar-refractivity contribution is 0.101. The van der Waals surface area contributed by atoms with Gasteiger partial charge in [-0.1, -0.05) is 35.9 Å². The standard InChI is InChI=1S/C26H22FN5O2/c1-15-7-9-20(17(3)11-15)28-25(33)23-29-24-26(34)31(14-18-5-4-6-19(27)13-18)22-12-16(2)8-10-21(22)32(24)30-23/h4-13H,14H2,1-3H3,(H,28,33). The Kier molecular flexibility index (Phi) is 5.20. The Morgan fingerprint density at radius 2 is 1.74 bits per heavy atom. The fourth-order valence-electron chi connectivity index (χ4n) is 4.08. The van der Waals surface area contributed by atoms with Gasteiger partial charge in [0.25, 0.3) is 11.5 Å². The minimum Gasteiger partial charge on any atom is -0.319 e. The molecule has 0 unspecified atom stereocenters. The first-order chi connectivity index (χ1) is 16.3. The Bertz CT molecular complexity index is 1650. The summed E-state index contributed by atoms with van der Waals surface area (Å²) in [6.45, 7) is 5.96. The number of halogens is 1. The number of anilines is 1. The average Bonchev–Trinajstić information content (AvgIpc) is 3.24. The normalized spacial score (nSPS) is 11.3. The fourth-order valence-corrected chi connectivity index (χ4v) is 4.08. The molecule has 1 amide bonds. The van der Waals surface area contributed by atoms with E-state index >= 15 is 0 Å². The van der Waals surface area contributed by atoms with E-state index in [0.29, 0.717) is 22.3 Å². The molecule has 5 aromatic rings. The molecule has 0 spiro atoms. The molecule has 0 saturated carbocycles. The van der Waals surface area contributed by atoms with Crippen molar-refractivity contribution in [2.24, 2.45) is 0 Å². The maximum atomic E-state index is 13.8. The van der Waals surface area contributed by atoms with E-state index in [1.165, 1.54) is 21.2 Å². The molecule has 0 atom stereocenters. The molecule has 0 aliphatic rings. The van der Waals surface area contributed by atoms with E-state index in [1.54, 1.807) is 12.1 Å². The first-order valence-corrected chi connectivity index (χ1v) is 10.8. The largest absolute Gasteiger partial charge is 0.319 e. The maximum absolute atomic E-state index is 13.8. The van der Waals surface area contributed by atoms with Crippen LogP contribution in [0.1, 0.15) is 32.9 Å². The number of nitrogens with one attached hydrogen (secondary N) is 1. The number of fused-ring (bicyclic) bond motifs is 3. The zero-order valence-corrected chi connectivity index (χ0v) is 19.0. The van der Waals surface area contributed by atoms with Crippen LogP contribution in [-0.2, 0) is 6.54 Å². The van der Waals surface area contributed by atoms with Gasteiger partial charge >= 0.3 is 0 Å². The van der Waals surface area contributed by atoms with Crippen LogP contribution in [0, 0.1) is 26.6 Å². The molecule has 7 nitrogen and oxygen atoms in total. The van der Waals surface area contributed by atoms with Crippen LogP contribution in [0.4, 0.5) is 10.1 Å². The summed E-state index contributed by atoms with van der Waals surface area (Å²) in [5.74, 6) is -0.991. The monoisotopic (exact) mass is 455 g/mol. The Morgan fingerprint density at radius 3 is 2.50 bits per heavy atom. The number of aryl methyl sites for hydroxylation is 3. The molecule has 34 heavy (non-hydrogen) atoms. The number of carbonyl (C=O) groups is 1.